The minimum absolute atomic E-state index is 0.0288. The van der Waals surface area contributed by atoms with Gasteiger partial charge < -0.3 is 51.1 Å². The fourth-order valence-electron chi connectivity index (χ4n) is 7.29. The average Bonchev–Trinajstić information content (AvgIpc) is 2.95. The molecule has 0 bridgehead atoms. The molecule has 0 unspecified atom stereocenters. The van der Waals surface area contributed by atoms with Gasteiger partial charge in [-0.15, -0.1) is 0 Å². The van der Waals surface area contributed by atoms with Gasteiger partial charge in [-0.05, 0) is 27.7 Å². The smallest absolute Gasteiger partial charge is 0.138 e. The Bertz CT molecular complexity index is 2250. The molecule has 10 N–H and O–H groups in total. The Morgan fingerprint density at radius 3 is 0.524 bits per heavy atom. The molecular formula is C32H22O10. The maximum Gasteiger partial charge on any atom is 0.138 e. The molecular weight excluding hydrogens is 544 g/mol. The number of phenols is 10. The summed E-state index contributed by atoms with van der Waals surface area (Å²) < 4.78 is 0. The second kappa shape index (κ2) is 6.80. The molecule has 0 fully saturated rings. The van der Waals surface area contributed by atoms with Crippen molar-refractivity contribution in [1.29, 1.82) is 0 Å². The van der Waals surface area contributed by atoms with Crippen LogP contribution in [0.3, 0.4) is 0 Å². The lowest BCUT2D eigenvalue weighted by molar-refractivity contribution is 0.438. The van der Waals surface area contributed by atoms with Crippen LogP contribution in [-0.4, -0.2) is 51.1 Å². The van der Waals surface area contributed by atoms with Gasteiger partial charge in [-0.3, -0.25) is 0 Å². The molecule has 0 aromatic heterocycles. The molecule has 0 aliphatic heterocycles. The Kier molecular flexibility index (Phi) is 3.91. The first kappa shape index (κ1) is 24.2. The molecule has 0 spiro atoms. The van der Waals surface area contributed by atoms with Crippen molar-refractivity contribution in [2.45, 2.75) is 27.7 Å². The Morgan fingerprint density at radius 2 is 0.333 bits per heavy atom. The Labute approximate surface area is 234 Å². The fraction of sp³-hybridized carbons (Fsp3) is 0.125. The second-order valence-corrected chi connectivity index (χ2v) is 11.2. The first-order chi connectivity index (χ1) is 19.7. The number of fused-ring (bicyclic) bond motifs is 2. The molecule has 0 aliphatic carbocycles. The maximum atomic E-state index is 11.7. The van der Waals surface area contributed by atoms with E-state index in [0.29, 0.717) is 0 Å². The van der Waals surface area contributed by atoms with Crippen LogP contribution >= 0.6 is 0 Å². The minimum Gasteiger partial charge on any atom is -0.507 e. The van der Waals surface area contributed by atoms with E-state index in [1.165, 1.54) is 27.7 Å². The highest BCUT2D eigenvalue weighted by molar-refractivity contribution is 6.53. The van der Waals surface area contributed by atoms with Crippen molar-refractivity contribution in [3.8, 4) is 57.5 Å². The van der Waals surface area contributed by atoms with Crippen molar-refractivity contribution >= 4 is 75.4 Å². The number of rotatable bonds is 0. The van der Waals surface area contributed by atoms with Crippen LogP contribution in [0.2, 0.25) is 0 Å². The number of benzene rings is 8. The van der Waals surface area contributed by atoms with Crippen LogP contribution in [0.4, 0.5) is 0 Å². The van der Waals surface area contributed by atoms with Gasteiger partial charge in [-0.25, -0.2) is 0 Å². The maximum absolute atomic E-state index is 11.7. The number of aromatic hydroxyl groups is 10. The van der Waals surface area contributed by atoms with E-state index in [1.807, 2.05) is 0 Å². The van der Waals surface area contributed by atoms with Gasteiger partial charge in [-0.1, -0.05) is 0 Å². The lowest BCUT2D eigenvalue weighted by Gasteiger charge is -2.28. The van der Waals surface area contributed by atoms with E-state index in [9.17, 15) is 51.1 Å². The van der Waals surface area contributed by atoms with E-state index in [2.05, 4.69) is 0 Å². The molecule has 210 valence electrons. The van der Waals surface area contributed by atoms with Gasteiger partial charge in [0.15, 0.2) is 0 Å². The van der Waals surface area contributed by atoms with E-state index < -0.39 is 57.5 Å². The quantitative estimate of drug-likeness (QED) is 0.0726. The summed E-state index contributed by atoms with van der Waals surface area (Å²) in [6.45, 7) is 5.59. The standard InChI is InChI=1S/C32H22O10/c1-5-23(33)15-11-9-10-12-16(15)24(34)6(2)29(39)21(12)32(42)22-14(10)18(26(36)8(4)30(22)40)17-13(9)20(28(38)7(3)25(17)35)31(41)19(11)27(5)37/h33-42H,1-4H3. The predicted molar refractivity (Wildman–Crippen MR) is 158 cm³/mol. The van der Waals surface area contributed by atoms with E-state index in [0.717, 1.165) is 0 Å². The third-order valence-corrected chi connectivity index (χ3v) is 9.43. The third-order valence-electron chi connectivity index (χ3n) is 9.43. The largest absolute Gasteiger partial charge is 0.507 e. The highest BCUT2D eigenvalue weighted by atomic mass is 16.3. The summed E-state index contributed by atoms with van der Waals surface area (Å²) in [5.74, 6) is -4.97. The van der Waals surface area contributed by atoms with Gasteiger partial charge in [0.2, 0.25) is 0 Å². The summed E-state index contributed by atoms with van der Waals surface area (Å²) >= 11 is 0. The first-order valence-corrected chi connectivity index (χ1v) is 13.0. The first-order valence-electron chi connectivity index (χ1n) is 13.0. The van der Waals surface area contributed by atoms with Crippen LogP contribution in [0.25, 0.3) is 75.4 Å². The lowest BCUT2D eigenvalue weighted by Crippen LogP contribution is -2.00. The molecule has 8 aromatic rings. The molecule has 0 atom stereocenters. The lowest BCUT2D eigenvalue weighted by atomic mass is 9.77. The summed E-state index contributed by atoms with van der Waals surface area (Å²) in [4.78, 5) is 0. The van der Waals surface area contributed by atoms with E-state index in [1.54, 1.807) is 0 Å². The van der Waals surface area contributed by atoms with E-state index in [-0.39, 0.29) is 97.7 Å². The molecule has 10 nitrogen and oxygen atoms in total. The van der Waals surface area contributed by atoms with Crippen molar-refractivity contribution < 1.29 is 51.1 Å². The van der Waals surface area contributed by atoms with Gasteiger partial charge in [0.1, 0.15) is 57.5 Å². The Hall–Kier alpha value is -5.64. The fourth-order valence-corrected chi connectivity index (χ4v) is 7.29. The van der Waals surface area contributed by atoms with Crippen LogP contribution in [0, 0.1) is 27.7 Å². The second-order valence-electron chi connectivity index (χ2n) is 11.2. The van der Waals surface area contributed by atoms with Crippen LogP contribution in [0.1, 0.15) is 22.3 Å². The summed E-state index contributed by atoms with van der Waals surface area (Å²) in [5.41, 5.74) is -0.208. The molecule has 0 saturated carbocycles. The predicted octanol–water partition coefficient (Wildman–Crippen LogP) is 6.36. The van der Waals surface area contributed by atoms with E-state index in [4.69, 9.17) is 0 Å². The summed E-state index contributed by atoms with van der Waals surface area (Å²) in [5, 5.41) is 114. The molecule has 42 heavy (non-hydrogen) atoms. The van der Waals surface area contributed by atoms with Crippen molar-refractivity contribution in [2.75, 3.05) is 0 Å². The van der Waals surface area contributed by atoms with Gasteiger partial charge in [0.05, 0.1) is 21.5 Å². The molecule has 10 heteroatoms. The topological polar surface area (TPSA) is 202 Å². The molecule has 0 radical (unpaired) electrons. The molecule has 8 aromatic carbocycles. The Balaban J connectivity index is 2.04. The number of hydrogen-bond acceptors (Lipinski definition) is 10. The number of hydrogen-bond donors (Lipinski definition) is 10. The minimum atomic E-state index is -0.574. The van der Waals surface area contributed by atoms with Gasteiger partial charge in [0.25, 0.3) is 0 Å². The van der Waals surface area contributed by atoms with Gasteiger partial charge in [-0.2, -0.15) is 0 Å². The molecule has 8 rings (SSSR count). The summed E-state index contributed by atoms with van der Waals surface area (Å²) in [6.07, 6.45) is 0. The summed E-state index contributed by atoms with van der Waals surface area (Å²) in [6, 6.07) is 0. The molecule has 0 heterocycles. The zero-order chi connectivity index (χ0) is 30.2. The van der Waals surface area contributed by atoms with E-state index >= 15 is 0 Å². The SMILES string of the molecule is Cc1c(O)c2c(O)c3c(O)c(C)c(O)c4c5c(O)c(C)c(O)c6c(O)c7c(O)c(C)c(O)c8c(c1O)c2c(c34)c(c78)c65. The van der Waals surface area contributed by atoms with Gasteiger partial charge >= 0.3 is 0 Å². The highest BCUT2D eigenvalue weighted by Crippen LogP contribution is 2.65. The van der Waals surface area contributed by atoms with Crippen LogP contribution in [-0.2, 0) is 0 Å². The van der Waals surface area contributed by atoms with Crippen molar-refractivity contribution in [3.05, 3.63) is 22.3 Å². The van der Waals surface area contributed by atoms with Crippen LogP contribution < -0.4 is 0 Å². The zero-order valence-electron chi connectivity index (χ0n) is 22.5. The zero-order valence-corrected chi connectivity index (χ0v) is 22.5. The Morgan fingerprint density at radius 1 is 0.190 bits per heavy atom. The summed E-state index contributed by atoms with van der Waals surface area (Å²) in [7, 11) is 0. The van der Waals surface area contributed by atoms with Crippen molar-refractivity contribution in [3.63, 3.8) is 0 Å². The molecule has 0 saturated heterocycles. The van der Waals surface area contributed by atoms with Crippen molar-refractivity contribution in [1.82, 2.24) is 0 Å². The monoisotopic (exact) mass is 566 g/mol. The van der Waals surface area contributed by atoms with Gasteiger partial charge in [0, 0.05) is 76.1 Å². The molecule has 0 amide bonds. The number of phenolic OH excluding ortho intramolecular Hbond substituents is 10. The third kappa shape index (κ3) is 2.12. The normalized spacial score (nSPS) is 12.8. The average molecular weight is 567 g/mol. The highest BCUT2D eigenvalue weighted by Gasteiger charge is 2.36. The molecule has 0 aliphatic rings. The van der Waals surface area contributed by atoms with Crippen LogP contribution in [0.5, 0.6) is 57.5 Å². The van der Waals surface area contributed by atoms with Crippen molar-refractivity contribution in [2.24, 2.45) is 0 Å². The van der Waals surface area contributed by atoms with Crippen LogP contribution in [0.15, 0.2) is 0 Å².